The smallest absolute Gasteiger partial charge is 0.325 e. The number of sulfonamides is 1. The number of urea groups is 1. The first-order valence-corrected chi connectivity index (χ1v) is 11.2. The van der Waals surface area contributed by atoms with Gasteiger partial charge in [0, 0.05) is 24.8 Å². The summed E-state index contributed by atoms with van der Waals surface area (Å²) in [6.07, 6.45) is 0.191. The van der Waals surface area contributed by atoms with Crippen molar-refractivity contribution < 1.29 is 27.7 Å². The Labute approximate surface area is 184 Å². The summed E-state index contributed by atoms with van der Waals surface area (Å²) in [5, 5.41) is 16.1. The zero-order valence-corrected chi connectivity index (χ0v) is 18.0. The zero-order valence-electron chi connectivity index (χ0n) is 17.2. The van der Waals surface area contributed by atoms with Gasteiger partial charge in [0.2, 0.25) is 10.0 Å². The number of nitrogens with one attached hydrogen (secondary N) is 2. The van der Waals surface area contributed by atoms with Crippen LogP contribution in [0.2, 0.25) is 0 Å². The number of amides is 3. The molecule has 0 radical (unpaired) electrons. The minimum Gasteiger partial charge on any atom is -0.474 e. The third-order valence-electron chi connectivity index (χ3n) is 4.77. The van der Waals surface area contributed by atoms with Crippen molar-refractivity contribution in [3.8, 4) is 5.75 Å². The van der Waals surface area contributed by atoms with E-state index < -0.39 is 38.7 Å². The van der Waals surface area contributed by atoms with E-state index in [4.69, 9.17) is 4.74 Å². The lowest BCUT2D eigenvalue weighted by molar-refractivity contribution is -0.386. The number of hydrogen-bond acceptors (Lipinski definition) is 7. The predicted molar refractivity (Wildman–Crippen MR) is 115 cm³/mol. The van der Waals surface area contributed by atoms with Gasteiger partial charge in [-0.1, -0.05) is 18.2 Å². The molecule has 0 aliphatic carbocycles. The van der Waals surface area contributed by atoms with E-state index >= 15 is 0 Å². The van der Waals surface area contributed by atoms with Crippen molar-refractivity contribution in [1.82, 2.24) is 9.62 Å². The fourth-order valence-corrected chi connectivity index (χ4v) is 4.66. The molecule has 170 valence electrons. The molecular formula is C20H22N4O7S. The molecule has 1 aliphatic heterocycles. The van der Waals surface area contributed by atoms with E-state index in [1.54, 1.807) is 30.3 Å². The molecule has 1 aliphatic rings. The van der Waals surface area contributed by atoms with Crippen LogP contribution in [0.25, 0.3) is 0 Å². The van der Waals surface area contributed by atoms with Gasteiger partial charge in [-0.15, -0.1) is 0 Å². The summed E-state index contributed by atoms with van der Waals surface area (Å²) in [6.45, 7) is 2.02. The number of nitrogens with zero attached hydrogens (tertiary/aromatic N) is 2. The number of hydrogen-bond donors (Lipinski definition) is 2. The van der Waals surface area contributed by atoms with Gasteiger partial charge >= 0.3 is 11.7 Å². The Balaban J connectivity index is 1.71. The number of anilines is 1. The van der Waals surface area contributed by atoms with Gasteiger partial charge < -0.3 is 10.1 Å². The van der Waals surface area contributed by atoms with Gasteiger partial charge in [0.1, 0.15) is 0 Å². The maximum Gasteiger partial charge on any atom is 0.325 e. The zero-order chi connectivity index (χ0) is 23.3. The molecule has 11 nitrogen and oxygen atoms in total. The van der Waals surface area contributed by atoms with Crippen molar-refractivity contribution in [2.24, 2.45) is 0 Å². The molecule has 2 N–H and O–H groups in total. The number of ether oxygens (including phenoxy) is 1. The third kappa shape index (κ3) is 5.39. The number of carbonyl (C=O) groups is 2. The topological polar surface area (TPSA) is 148 Å². The molecule has 2 aromatic carbocycles. The van der Waals surface area contributed by atoms with Crippen LogP contribution in [0.4, 0.5) is 16.2 Å². The first kappa shape index (κ1) is 23.2. The summed E-state index contributed by atoms with van der Waals surface area (Å²) < 4.78 is 32.0. The fraction of sp³-hybridized carbons (Fsp3) is 0.300. The van der Waals surface area contributed by atoms with Crippen molar-refractivity contribution in [2.45, 2.75) is 30.8 Å². The van der Waals surface area contributed by atoms with Crippen LogP contribution in [0.1, 0.15) is 19.8 Å². The number of para-hydroxylation sites is 1. The van der Waals surface area contributed by atoms with Gasteiger partial charge in [-0.25, -0.2) is 13.2 Å². The van der Waals surface area contributed by atoms with Crippen LogP contribution in [0, 0.1) is 10.1 Å². The number of rotatable bonds is 7. The lowest BCUT2D eigenvalue weighted by Crippen LogP contribution is -2.42. The molecule has 32 heavy (non-hydrogen) atoms. The summed E-state index contributed by atoms with van der Waals surface area (Å²) in [5.74, 6) is -1.12. The minimum absolute atomic E-state index is 0.224. The molecular weight excluding hydrogens is 440 g/mol. The summed E-state index contributed by atoms with van der Waals surface area (Å²) in [7, 11) is -3.86. The number of nitro benzene ring substituents is 1. The maximum atomic E-state index is 12.7. The van der Waals surface area contributed by atoms with Gasteiger partial charge in [-0.05, 0) is 44.0 Å². The molecule has 1 saturated heterocycles. The molecule has 1 unspecified atom stereocenters. The van der Waals surface area contributed by atoms with Gasteiger partial charge in [-0.3, -0.25) is 20.2 Å². The van der Waals surface area contributed by atoms with Crippen molar-refractivity contribution in [1.29, 1.82) is 0 Å². The number of nitro groups is 1. The van der Waals surface area contributed by atoms with Gasteiger partial charge in [0.05, 0.1) is 9.82 Å². The Morgan fingerprint density at radius 3 is 2.41 bits per heavy atom. The molecule has 3 amide bonds. The summed E-state index contributed by atoms with van der Waals surface area (Å²) >= 11 is 0. The standard InChI is InChI=1S/C20H22N4O7S/c1-14(19(25)22-20(26)21-15-7-3-2-4-8-15)31-18-10-9-16(13-17(18)24(27)28)32(29,30)23-11-5-6-12-23/h2-4,7-10,13-14H,5-6,11-12H2,1H3,(H2,21,22,25,26). The summed E-state index contributed by atoms with van der Waals surface area (Å²) in [6, 6.07) is 10.9. The number of imide groups is 1. The second-order valence-corrected chi connectivity index (χ2v) is 9.01. The van der Waals surface area contributed by atoms with Crippen LogP contribution in [-0.4, -0.2) is 48.8 Å². The normalized spacial score (nSPS) is 15.0. The van der Waals surface area contributed by atoms with Crippen molar-refractivity contribution in [2.75, 3.05) is 18.4 Å². The molecule has 3 rings (SSSR count). The maximum absolute atomic E-state index is 12.7. The molecule has 1 heterocycles. The SMILES string of the molecule is CC(Oc1ccc(S(=O)(=O)N2CCCC2)cc1[N+](=O)[O-])C(=O)NC(=O)Nc1ccccc1. The highest BCUT2D eigenvalue weighted by Gasteiger charge is 2.30. The Morgan fingerprint density at radius 2 is 1.78 bits per heavy atom. The molecule has 0 bridgehead atoms. The Bertz CT molecular complexity index is 1120. The summed E-state index contributed by atoms with van der Waals surface area (Å²) in [5.41, 5.74) is -0.129. The van der Waals surface area contributed by atoms with Crippen molar-refractivity contribution in [3.63, 3.8) is 0 Å². The van der Waals surface area contributed by atoms with E-state index in [0.29, 0.717) is 18.8 Å². The number of carbonyl (C=O) groups excluding carboxylic acids is 2. The van der Waals surface area contributed by atoms with Crippen molar-refractivity contribution >= 4 is 33.3 Å². The van der Waals surface area contributed by atoms with Crippen LogP contribution in [0.5, 0.6) is 5.75 Å². The molecule has 1 fully saturated rings. The van der Waals surface area contributed by atoms with E-state index in [9.17, 15) is 28.1 Å². The molecule has 12 heteroatoms. The average Bonchev–Trinajstić information content (AvgIpc) is 3.30. The number of benzene rings is 2. The van der Waals surface area contributed by atoms with Crippen molar-refractivity contribution in [3.05, 3.63) is 58.6 Å². The molecule has 0 aromatic heterocycles. The first-order chi connectivity index (χ1) is 15.2. The third-order valence-corrected chi connectivity index (χ3v) is 6.67. The largest absolute Gasteiger partial charge is 0.474 e. The minimum atomic E-state index is -3.86. The van der Waals surface area contributed by atoms with Crippen LogP contribution >= 0.6 is 0 Å². The second-order valence-electron chi connectivity index (χ2n) is 7.07. The molecule has 0 saturated carbocycles. The highest BCUT2D eigenvalue weighted by Crippen LogP contribution is 2.32. The van der Waals surface area contributed by atoms with E-state index in [0.717, 1.165) is 25.0 Å². The monoisotopic (exact) mass is 462 g/mol. The Morgan fingerprint density at radius 1 is 1.12 bits per heavy atom. The van der Waals surface area contributed by atoms with Gasteiger partial charge in [0.25, 0.3) is 5.91 Å². The highest BCUT2D eigenvalue weighted by molar-refractivity contribution is 7.89. The molecule has 1 atom stereocenters. The van der Waals surface area contributed by atoms with E-state index in [-0.39, 0.29) is 10.6 Å². The van der Waals surface area contributed by atoms with Gasteiger partial charge in [0.15, 0.2) is 11.9 Å². The van der Waals surface area contributed by atoms with E-state index in [1.165, 1.54) is 17.3 Å². The second kappa shape index (κ2) is 9.75. The first-order valence-electron chi connectivity index (χ1n) is 9.80. The Hall–Kier alpha value is -3.51. The lowest BCUT2D eigenvalue weighted by Gasteiger charge is -2.17. The lowest BCUT2D eigenvalue weighted by atomic mass is 10.3. The highest BCUT2D eigenvalue weighted by atomic mass is 32.2. The van der Waals surface area contributed by atoms with E-state index in [2.05, 4.69) is 10.6 Å². The van der Waals surface area contributed by atoms with Gasteiger partial charge in [-0.2, -0.15) is 4.31 Å². The van der Waals surface area contributed by atoms with E-state index in [1.807, 2.05) is 0 Å². The van der Waals surface area contributed by atoms with Crippen LogP contribution in [0.3, 0.4) is 0 Å². The molecule has 0 spiro atoms. The Kier molecular flexibility index (Phi) is 7.05. The van der Waals surface area contributed by atoms with Crippen LogP contribution in [0.15, 0.2) is 53.4 Å². The predicted octanol–water partition coefficient (Wildman–Crippen LogP) is 2.49. The van der Waals surface area contributed by atoms with Crippen LogP contribution in [-0.2, 0) is 14.8 Å². The average molecular weight is 462 g/mol. The van der Waals surface area contributed by atoms with Crippen LogP contribution < -0.4 is 15.4 Å². The quantitative estimate of drug-likeness (QED) is 0.474. The summed E-state index contributed by atoms with van der Waals surface area (Å²) in [4.78, 5) is 34.7. The molecule has 2 aromatic rings. The fourth-order valence-electron chi connectivity index (χ4n) is 3.12.